The Morgan fingerprint density at radius 3 is 3.00 bits per heavy atom. The fourth-order valence-corrected chi connectivity index (χ4v) is 1.84. The third kappa shape index (κ3) is 1.99. The molecule has 2 N–H and O–H groups in total. The summed E-state index contributed by atoms with van der Waals surface area (Å²) in [5.41, 5.74) is 7.46. The van der Waals surface area contributed by atoms with Crippen LogP contribution in [0.2, 0.25) is 0 Å². The van der Waals surface area contributed by atoms with Crippen LogP contribution in [0.5, 0.6) is 0 Å². The van der Waals surface area contributed by atoms with E-state index in [0.717, 1.165) is 24.5 Å². The molecule has 0 radical (unpaired) electrons. The van der Waals surface area contributed by atoms with E-state index in [1.165, 1.54) is 0 Å². The summed E-state index contributed by atoms with van der Waals surface area (Å²) in [5, 5.41) is 0. The van der Waals surface area contributed by atoms with Crippen LogP contribution in [0.15, 0.2) is 18.3 Å². The van der Waals surface area contributed by atoms with Crippen LogP contribution >= 0.6 is 0 Å². The second-order valence-electron chi connectivity index (χ2n) is 3.91. The van der Waals surface area contributed by atoms with E-state index >= 15 is 0 Å². The van der Waals surface area contributed by atoms with Crippen LogP contribution in [0, 0.1) is 0 Å². The summed E-state index contributed by atoms with van der Waals surface area (Å²) >= 11 is 0. The van der Waals surface area contributed by atoms with Crippen molar-refractivity contribution in [2.24, 2.45) is 5.73 Å². The molecule has 0 spiro atoms. The molecule has 16 heavy (non-hydrogen) atoms. The summed E-state index contributed by atoms with van der Waals surface area (Å²) in [5.74, 6) is 0.137. The molecule has 2 rings (SSSR count). The van der Waals surface area contributed by atoms with Crippen molar-refractivity contribution in [1.82, 2.24) is 9.88 Å². The van der Waals surface area contributed by atoms with E-state index in [-0.39, 0.29) is 5.91 Å². The predicted molar refractivity (Wildman–Crippen MR) is 62.0 cm³/mol. The minimum absolute atomic E-state index is 0.137. The smallest absolute Gasteiger partial charge is 0.241 e. The van der Waals surface area contributed by atoms with Gasteiger partial charge in [-0.1, -0.05) is 0 Å². The molecule has 0 unspecified atom stereocenters. The van der Waals surface area contributed by atoms with Crippen molar-refractivity contribution in [1.29, 1.82) is 0 Å². The normalized spacial score (nSPS) is 16.8. The lowest BCUT2D eigenvalue weighted by atomic mass is 10.2. The van der Waals surface area contributed by atoms with Gasteiger partial charge in [0.05, 0.1) is 17.9 Å². The number of hydrogen-bond acceptors (Lipinski definition) is 4. The number of pyridine rings is 1. The lowest BCUT2D eigenvalue weighted by Gasteiger charge is -2.34. The van der Waals surface area contributed by atoms with Crippen LogP contribution in [0.4, 0.5) is 5.69 Å². The quantitative estimate of drug-likeness (QED) is 0.751. The van der Waals surface area contributed by atoms with Gasteiger partial charge in [0.2, 0.25) is 5.91 Å². The van der Waals surface area contributed by atoms with Crippen molar-refractivity contribution in [3.05, 3.63) is 24.0 Å². The monoisotopic (exact) mass is 220 g/mol. The first-order valence-corrected chi connectivity index (χ1v) is 5.35. The number of carbonyl (C=O) groups is 1. The van der Waals surface area contributed by atoms with Crippen LogP contribution in [-0.4, -0.2) is 42.5 Å². The Hall–Kier alpha value is -1.62. The molecule has 2 heterocycles. The molecule has 1 aromatic heterocycles. The maximum atomic E-state index is 11.6. The molecule has 1 aliphatic rings. The van der Waals surface area contributed by atoms with E-state index in [2.05, 4.69) is 4.98 Å². The standard InChI is InChI=1S/C11H16N4O/c1-14-5-6-15(8-11(14)16)10-3-2-4-13-9(10)7-12/h2-4H,5-8,12H2,1H3. The SMILES string of the molecule is CN1CCN(c2cccnc2CN)CC1=O. The van der Waals surface area contributed by atoms with Crippen LogP contribution in [-0.2, 0) is 11.3 Å². The Balaban J connectivity index is 2.21. The summed E-state index contributed by atoms with van der Waals surface area (Å²) in [6, 6.07) is 3.84. The van der Waals surface area contributed by atoms with E-state index < -0.39 is 0 Å². The summed E-state index contributed by atoms with van der Waals surface area (Å²) in [6.07, 6.45) is 1.73. The van der Waals surface area contributed by atoms with E-state index in [4.69, 9.17) is 5.73 Å². The Bertz CT molecular complexity index is 393. The third-order valence-electron chi connectivity index (χ3n) is 2.86. The largest absolute Gasteiger partial charge is 0.359 e. The molecule has 1 saturated heterocycles. The van der Waals surface area contributed by atoms with Gasteiger partial charge in [-0.15, -0.1) is 0 Å². The Morgan fingerprint density at radius 2 is 2.31 bits per heavy atom. The van der Waals surface area contributed by atoms with Gasteiger partial charge in [-0.25, -0.2) is 0 Å². The number of rotatable bonds is 2. The summed E-state index contributed by atoms with van der Waals surface area (Å²) in [4.78, 5) is 19.6. The number of nitrogens with zero attached hydrogens (tertiary/aromatic N) is 3. The van der Waals surface area contributed by atoms with Gasteiger partial charge in [0, 0.05) is 32.9 Å². The van der Waals surface area contributed by atoms with Crippen LogP contribution < -0.4 is 10.6 Å². The molecule has 1 amide bonds. The molecule has 5 heteroatoms. The summed E-state index contributed by atoms with van der Waals surface area (Å²) in [6.45, 7) is 2.39. The maximum Gasteiger partial charge on any atom is 0.241 e. The molecule has 1 aromatic rings. The molecule has 0 saturated carbocycles. The number of likely N-dealkylation sites (N-methyl/N-ethyl adjacent to an activating group) is 1. The average molecular weight is 220 g/mol. The highest BCUT2D eigenvalue weighted by atomic mass is 16.2. The minimum Gasteiger partial charge on any atom is -0.359 e. The van der Waals surface area contributed by atoms with Crippen LogP contribution in [0.3, 0.4) is 0 Å². The zero-order valence-corrected chi connectivity index (χ0v) is 9.39. The van der Waals surface area contributed by atoms with E-state index in [9.17, 15) is 4.79 Å². The zero-order chi connectivity index (χ0) is 11.5. The fourth-order valence-electron chi connectivity index (χ4n) is 1.84. The molecule has 0 aliphatic carbocycles. The average Bonchev–Trinajstić information content (AvgIpc) is 2.32. The van der Waals surface area contributed by atoms with E-state index in [0.29, 0.717) is 13.1 Å². The number of anilines is 1. The van der Waals surface area contributed by atoms with Crippen molar-refractivity contribution in [3.63, 3.8) is 0 Å². The van der Waals surface area contributed by atoms with Crippen molar-refractivity contribution in [2.75, 3.05) is 31.6 Å². The number of aromatic nitrogens is 1. The van der Waals surface area contributed by atoms with Crippen LogP contribution in [0.1, 0.15) is 5.69 Å². The first-order chi connectivity index (χ1) is 7.72. The maximum absolute atomic E-state index is 11.6. The van der Waals surface area contributed by atoms with E-state index in [1.54, 1.807) is 11.1 Å². The first-order valence-electron chi connectivity index (χ1n) is 5.35. The van der Waals surface area contributed by atoms with Crippen molar-refractivity contribution < 1.29 is 4.79 Å². The second-order valence-corrected chi connectivity index (χ2v) is 3.91. The van der Waals surface area contributed by atoms with Gasteiger partial charge in [0.1, 0.15) is 0 Å². The zero-order valence-electron chi connectivity index (χ0n) is 9.39. The molecule has 1 aliphatic heterocycles. The molecule has 86 valence electrons. The van der Waals surface area contributed by atoms with Gasteiger partial charge in [-0.2, -0.15) is 0 Å². The highest BCUT2D eigenvalue weighted by Crippen LogP contribution is 2.19. The number of amides is 1. The van der Waals surface area contributed by atoms with Crippen LogP contribution in [0.25, 0.3) is 0 Å². The highest BCUT2D eigenvalue weighted by Gasteiger charge is 2.22. The van der Waals surface area contributed by atoms with Gasteiger partial charge in [-0.05, 0) is 12.1 Å². The van der Waals surface area contributed by atoms with Crippen molar-refractivity contribution in [3.8, 4) is 0 Å². The molecule has 5 nitrogen and oxygen atoms in total. The van der Waals surface area contributed by atoms with E-state index in [1.807, 2.05) is 24.1 Å². The van der Waals surface area contributed by atoms with Gasteiger partial charge in [0.25, 0.3) is 0 Å². The number of carbonyl (C=O) groups excluding carboxylic acids is 1. The van der Waals surface area contributed by atoms with Crippen molar-refractivity contribution in [2.45, 2.75) is 6.54 Å². The minimum atomic E-state index is 0.137. The Kier molecular flexibility index (Phi) is 3.05. The number of hydrogen-bond donors (Lipinski definition) is 1. The van der Waals surface area contributed by atoms with Gasteiger partial charge >= 0.3 is 0 Å². The van der Waals surface area contributed by atoms with Gasteiger partial charge < -0.3 is 15.5 Å². The summed E-state index contributed by atoms with van der Waals surface area (Å²) < 4.78 is 0. The molecule has 0 bridgehead atoms. The number of nitrogens with two attached hydrogens (primary N) is 1. The molecule has 0 atom stereocenters. The lowest BCUT2D eigenvalue weighted by molar-refractivity contribution is -0.129. The third-order valence-corrected chi connectivity index (χ3v) is 2.86. The predicted octanol–water partition coefficient (Wildman–Crippen LogP) is -0.181. The highest BCUT2D eigenvalue weighted by molar-refractivity contribution is 5.82. The number of piperazine rings is 1. The first kappa shape index (κ1) is 10.9. The summed E-state index contributed by atoms with van der Waals surface area (Å²) in [7, 11) is 1.83. The molecule has 0 aromatic carbocycles. The molecular formula is C11H16N4O. The van der Waals surface area contributed by atoms with Gasteiger partial charge in [-0.3, -0.25) is 9.78 Å². The van der Waals surface area contributed by atoms with Gasteiger partial charge in [0.15, 0.2) is 0 Å². The Labute approximate surface area is 94.9 Å². The molecule has 1 fully saturated rings. The second kappa shape index (κ2) is 4.49. The lowest BCUT2D eigenvalue weighted by Crippen LogP contribution is -2.49. The molecular weight excluding hydrogens is 204 g/mol. The Morgan fingerprint density at radius 1 is 1.50 bits per heavy atom. The van der Waals surface area contributed by atoms with Crippen molar-refractivity contribution >= 4 is 11.6 Å². The topological polar surface area (TPSA) is 62.5 Å². The fraction of sp³-hybridized carbons (Fsp3) is 0.455.